The van der Waals surface area contributed by atoms with Gasteiger partial charge in [0.2, 0.25) is 0 Å². The van der Waals surface area contributed by atoms with Crippen molar-refractivity contribution in [2.45, 2.75) is 6.54 Å². The normalized spacial score (nSPS) is 10.9. The molecule has 0 aliphatic carbocycles. The van der Waals surface area contributed by atoms with Crippen molar-refractivity contribution < 1.29 is 4.79 Å². The quantitative estimate of drug-likeness (QED) is 0.657. The molecule has 0 aliphatic heterocycles. The summed E-state index contributed by atoms with van der Waals surface area (Å²) in [6.07, 6.45) is 6.55. The number of imidazole rings is 1. The maximum Gasteiger partial charge on any atom is 0.150 e. The van der Waals surface area contributed by atoms with Gasteiger partial charge in [0.25, 0.3) is 0 Å². The number of nitrogens with zero attached hydrogens (tertiary/aromatic N) is 3. The van der Waals surface area contributed by atoms with Crippen molar-refractivity contribution in [2.75, 3.05) is 0 Å². The van der Waals surface area contributed by atoms with Gasteiger partial charge in [-0.15, -0.1) is 0 Å². The zero-order valence-electron chi connectivity index (χ0n) is 10.1. The van der Waals surface area contributed by atoms with Crippen molar-refractivity contribution in [3.63, 3.8) is 0 Å². The first-order chi connectivity index (χ1) is 8.79. The molecule has 4 nitrogen and oxygen atoms in total. The molecule has 90 valence electrons. The molecular formula is C14H13N3O. The van der Waals surface area contributed by atoms with Crippen LogP contribution in [-0.4, -0.2) is 20.4 Å². The van der Waals surface area contributed by atoms with E-state index < -0.39 is 0 Å². The second-order valence-electron chi connectivity index (χ2n) is 4.34. The molecule has 0 saturated carbocycles. The van der Waals surface area contributed by atoms with Crippen LogP contribution in [-0.2, 0) is 13.6 Å². The number of rotatable bonds is 3. The van der Waals surface area contributed by atoms with Crippen LogP contribution in [0.3, 0.4) is 0 Å². The Morgan fingerprint density at radius 2 is 2.22 bits per heavy atom. The lowest BCUT2D eigenvalue weighted by Gasteiger charge is -2.06. The van der Waals surface area contributed by atoms with Crippen molar-refractivity contribution in [3.05, 3.63) is 54.2 Å². The fourth-order valence-corrected chi connectivity index (χ4v) is 2.20. The summed E-state index contributed by atoms with van der Waals surface area (Å²) in [7, 11) is 1.98. The molecule has 18 heavy (non-hydrogen) atoms. The van der Waals surface area contributed by atoms with Gasteiger partial charge in [0.1, 0.15) is 0 Å². The Morgan fingerprint density at radius 1 is 1.33 bits per heavy atom. The Kier molecular flexibility index (Phi) is 2.48. The van der Waals surface area contributed by atoms with E-state index in [1.165, 1.54) is 0 Å². The van der Waals surface area contributed by atoms with Gasteiger partial charge in [-0.2, -0.15) is 0 Å². The Bertz CT molecular complexity index is 709. The second-order valence-corrected chi connectivity index (χ2v) is 4.34. The number of carbonyl (C=O) groups excluding carboxylic acids is 1. The molecule has 2 aromatic heterocycles. The molecule has 3 rings (SSSR count). The fourth-order valence-electron chi connectivity index (χ4n) is 2.20. The maximum absolute atomic E-state index is 11.0. The van der Waals surface area contributed by atoms with E-state index >= 15 is 0 Å². The van der Waals surface area contributed by atoms with E-state index in [0.29, 0.717) is 0 Å². The summed E-state index contributed by atoms with van der Waals surface area (Å²) >= 11 is 0. The molecule has 0 radical (unpaired) electrons. The first-order valence-electron chi connectivity index (χ1n) is 5.78. The summed E-state index contributed by atoms with van der Waals surface area (Å²) < 4.78 is 4.12. The summed E-state index contributed by atoms with van der Waals surface area (Å²) in [5, 5.41) is 0.995. The minimum atomic E-state index is 0.733. The van der Waals surface area contributed by atoms with Gasteiger partial charge in [0.05, 0.1) is 18.6 Å². The molecule has 0 bridgehead atoms. The van der Waals surface area contributed by atoms with E-state index in [-0.39, 0.29) is 0 Å². The van der Waals surface area contributed by atoms with Gasteiger partial charge in [-0.05, 0) is 12.1 Å². The molecule has 0 amide bonds. The van der Waals surface area contributed by atoms with E-state index in [4.69, 9.17) is 0 Å². The minimum absolute atomic E-state index is 0.733. The highest BCUT2D eigenvalue weighted by molar-refractivity contribution is 5.97. The molecular weight excluding hydrogens is 226 g/mol. The van der Waals surface area contributed by atoms with E-state index in [0.717, 1.165) is 35.0 Å². The van der Waals surface area contributed by atoms with Gasteiger partial charge in [0, 0.05) is 35.9 Å². The lowest BCUT2D eigenvalue weighted by atomic mass is 10.1. The Morgan fingerprint density at radius 3 is 2.94 bits per heavy atom. The predicted molar refractivity (Wildman–Crippen MR) is 69.6 cm³/mol. The van der Waals surface area contributed by atoms with Crippen LogP contribution in [0.15, 0.2) is 43.0 Å². The van der Waals surface area contributed by atoms with Crippen LogP contribution in [0.5, 0.6) is 0 Å². The van der Waals surface area contributed by atoms with Crippen molar-refractivity contribution in [1.82, 2.24) is 14.1 Å². The van der Waals surface area contributed by atoms with Crippen LogP contribution in [0, 0.1) is 0 Å². The minimum Gasteiger partial charge on any atom is -0.341 e. The van der Waals surface area contributed by atoms with Crippen LogP contribution in [0.2, 0.25) is 0 Å². The van der Waals surface area contributed by atoms with Gasteiger partial charge < -0.3 is 9.13 Å². The van der Waals surface area contributed by atoms with Gasteiger partial charge in [-0.3, -0.25) is 4.79 Å². The lowest BCUT2D eigenvalue weighted by molar-refractivity contribution is 0.112. The van der Waals surface area contributed by atoms with E-state index in [9.17, 15) is 4.79 Å². The molecule has 0 fully saturated rings. The summed E-state index contributed by atoms with van der Waals surface area (Å²) in [6.45, 7) is 0.752. The largest absolute Gasteiger partial charge is 0.341 e. The second kappa shape index (κ2) is 4.14. The number of aldehydes is 1. The summed E-state index contributed by atoms with van der Waals surface area (Å²) in [4.78, 5) is 15.1. The first kappa shape index (κ1) is 10.8. The van der Waals surface area contributed by atoms with Crippen molar-refractivity contribution >= 4 is 17.2 Å². The van der Waals surface area contributed by atoms with Crippen molar-refractivity contribution in [3.8, 4) is 0 Å². The molecule has 3 aromatic rings. The third kappa shape index (κ3) is 1.62. The molecule has 0 N–H and O–H groups in total. The molecule has 0 saturated heterocycles. The Hall–Kier alpha value is -2.36. The van der Waals surface area contributed by atoms with Gasteiger partial charge in [0.15, 0.2) is 6.29 Å². The van der Waals surface area contributed by atoms with E-state index in [2.05, 4.69) is 9.55 Å². The number of aromatic nitrogens is 3. The average Bonchev–Trinajstić information content (AvgIpc) is 2.97. The van der Waals surface area contributed by atoms with E-state index in [1.807, 2.05) is 48.3 Å². The molecule has 1 aromatic carbocycles. The zero-order chi connectivity index (χ0) is 12.5. The number of carbonyl (C=O) groups is 1. The SMILES string of the molecule is Cn1cncc1Cn1ccc2c(C=O)cccc21. The van der Waals surface area contributed by atoms with Crippen LogP contribution >= 0.6 is 0 Å². The molecule has 0 atom stereocenters. The number of aryl methyl sites for hydroxylation is 1. The summed E-state index contributed by atoms with van der Waals surface area (Å²) in [5.41, 5.74) is 2.93. The third-order valence-electron chi connectivity index (χ3n) is 3.22. The third-order valence-corrected chi connectivity index (χ3v) is 3.22. The highest BCUT2D eigenvalue weighted by Gasteiger charge is 2.06. The number of hydrogen-bond acceptors (Lipinski definition) is 2. The standard InChI is InChI=1S/C14H13N3O/c1-16-10-15-7-12(16)8-17-6-5-13-11(9-18)3-2-4-14(13)17/h2-7,9-10H,8H2,1H3. The highest BCUT2D eigenvalue weighted by atomic mass is 16.1. The zero-order valence-corrected chi connectivity index (χ0v) is 10.1. The predicted octanol–water partition coefficient (Wildman–Crippen LogP) is 2.24. The van der Waals surface area contributed by atoms with Crippen molar-refractivity contribution in [2.24, 2.45) is 7.05 Å². The van der Waals surface area contributed by atoms with Crippen LogP contribution in [0.1, 0.15) is 16.1 Å². The summed E-state index contributed by atoms with van der Waals surface area (Å²) in [5.74, 6) is 0. The molecule has 0 unspecified atom stereocenters. The molecule has 0 aliphatic rings. The molecule has 0 spiro atoms. The van der Waals surface area contributed by atoms with Crippen LogP contribution in [0.25, 0.3) is 10.9 Å². The Balaban J connectivity index is 2.08. The molecule has 2 heterocycles. The van der Waals surface area contributed by atoms with Gasteiger partial charge in [-0.1, -0.05) is 12.1 Å². The number of hydrogen-bond donors (Lipinski definition) is 0. The van der Waals surface area contributed by atoms with Gasteiger partial charge >= 0.3 is 0 Å². The fraction of sp³-hybridized carbons (Fsp3) is 0.143. The summed E-state index contributed by atoms with van der Waals surface area (Å²) in [6, 6.07) is 7.75. The lowest BCUT2D eigenvalue weighted by Crippen LogP contribution is -2.02. The highest BCUT2D eigenvalue weighted by Crippen LogP contribution is 2.20. The smallest absolute Gasteiger partial charge is 0.150 e. The number of benzene rings is 1. The maximum atomic E-state index is 11.0. The van der Waals surface area contributed by atoms with Crippen LogP contribution in [0.4, 0.5) is 0 Å². The number of fused-ring (bicyclic) bond motifs is 1. The first-order valence-corrected chi connectivity index (χ1v) is 5.78. The van der Waals surface area contributed by atoms with Gasteiger partial charge in [-0.25, -0.2) is 4.98 Å². The monoisotopic (exact) mass is 239 g/mol. The topological polar surface area (TPSA) is 39.8 Å². The van der Waals surface area contributed by atoms with E-state index in [1.54, 1.807) is 6.33 Å². The average molecular weight is 239 g/mol. The Labute approximate surface area is 104 Å². The molecule has 4 heteroatoms. The van der Waals surface area contributed by atoms with Crippen LogP contribution < -0.4 is 0 Å². The van der Waals surface area contributed by atoms with Crippen molar-refractivity contribution in [1.29, 1.82) is 0 Å².